The number of hydrogen-bond donors (Lipinski definition) is 1. The summed E-state index contributed by atoms with van der Waals surface area (Å²) in [5.41, 5.74) is 0. The van der Waals surface area contributed by atoms with Crippen molar-refractivity contribution in [3.8, 4) is 0 Å². The number of carbonyl (C=O) groups excluding carboxylic acids is 1. The maximum Gasteiger partial charge on any atom is 0.323 e. The van der Waals surface area contributed by atoms with Crippen LogP contribution in [0.15, 0.2) is 0 Å². The van der Waals surface area contributed by atoms with Gasteiger partial charge in [-0.3, -0.25) is 9.59 Å². The molecule has 0 aromatic carbocycles. The number of carboxylic acids is 1. The van der Waals surface area contributed by atoms with Gasteiger partial charge in [-0.1, -0.05) is 13.3 Å². The summed E-state index contributed by atoms with van der Waals surface area (Å²) < 4.78 is 0. The molecule has 13 heavy (non-hydrogen) atoms. The van der Waals surface area contributed by atoms with E-state index in [-0.39, 0.29) is 12.5 Å². The van der Waals surface area contributed by atoms with Crippen molar-refractivity contribution in [2.24, 2.45) is 0 Å². The molecule has 0 heterocycles. The summed E-state index contributed by atoms with van der Waals surface area (Å²) in [6, 6.07) is 0. The molecule has 0 aromatic heterocycles. The molecule has 0 aliphatic carbocycles. The van der Waals surface area contributed by atoms with E-state index in [1.807, 2.05) is 6.92 Å². The van der Waals surface area contributed by atoms with Crippen LogP contribution in [0.4, 0.5) is 0 Å². The highest BCUT2D eigenvalue weighted by atomic mass is 16.4. The molecule has 0 aliphatic rings. The van der Waals surface area contributed by atoms with Crippen molar-refractivity contribution in [2.45, 2.75) is 33.1 Å². The molecule has 0 rings (SSSR count). The first kappa shape index (κ1) is 11.9. The minimum absolute atomic E-state index is 0.0632. The monoisotopic (exact) mass is 187 g/mol. The van der Waals surface area contributed by atoms with E-state index >= 15 is 0 Å². The van der Waals surface area contributed by atoms with E-state index in [4.69, 9.17) is 5.11 Å². The number of rotatable bonds is 6. The van der Waals surface area contributed by atoms with Crippen LogP contribution in [-0.2, 0) is 9.59 Å². The summed E-state index contributed by atoms with van der Waals surface area (Å²) in [4.78, 5) is 23.0. The molecule has 0 spiro atoms. The summed E-state index contributed by atoms with van der Waals surface area (Å²) in [5, 5.41) is 8.50. The van der Waals surface area contributed by atoms with Gasteiger partial charge in [0.05, 0.1) is 0 Å². The summed E-state index contributed by atoms with van der Waals surface area (Å²) >= 11 is 0. The minimum Gasteiger partial charge on any atom is -0.480 e. The second-order valence-electron chi connectivity index (χ2n) is 2.91. The highest BCUT2D eigenvalue weighted by Crippen LogP contribution is 2.00. The lowest BCUT2D eigenvalue weighted by Crippen LogP contribution is -2.35. The van der Waals surface area contributed by atoms with Crippen LogP contribution in [0.25, 0.3) is 0 Å². The Morgan fingerprint density at radius 2 is 1.92 bits per heavy atom. The van der Waals surface area contributed by atoms with E-state index in [9.17, 15) is 9.59 Å². The number of nitrogens with zero attached hydrogens (tertiary/aromatic N) is 1. The van der Waals surface area contributed by atoms with Crippen LogP contribution in [-0.4, -0.2) is 35.0 Å². The Kier molecular flexibility index (Phi) is 5.93. The quantitative estimate of drug-likeness (QED) is 0.677. The minimum atomic E-state index is -0.952. The number of likely N-dealkylation sites (N-methyl/N-ethyl adjacent to an activating group) is 1. The van der Waals surface area contributed by atoms with Gasteiger partial charge in [-0.05, 0) is 13.3 Å². The molecule has 1 amide bonds. The van der Waals surface area contributed by atoms with E-state index < -0.39 is 5.97 Å². The third-order valence-corrected chi connectivity index (χ3v) is 1.80. The average molecular weight is 187 g/mol. The molecule has 0 atom stereocenters. The van der Waals surface area contributed by atoms with Gasteiger partial charge < -0.3 is 10.0 Å². The number of carboxylic acid groups (broad SMARTS) is 1. The first-order chi connectivity index (χ1) is 6.11. The smallest absolute Gasteiger partial charge is 0.323 e. The van der Waals surface area contributed by atoms with Gasteiger partial charge in [0.15, 0.2) is 0 Å². The number of carbonyl (C=O) groups is 2. The Morgan fingerprint density at radius 3 is 2.31 bits per heavy atom. The summed E-state index contributed by atoms with van der Waals surface area (Å²) in [6.45, 7) is 4.07. The third-order valence-electron chi connectivity index (χ3n) is 1.80. The van der Waals surface area contributed by atoms with Crippen molar-refractivity contribution in [1.29, 1.82) is 0 Å². The van der Waals surface area contributed by atoms with E-state index in [1.165, 1.54) is 4.90 Å². The van der Waals surface area contributed by atoms with E-state index in [0.717, 1.165) is 12.8 Å². The van der Waals surface area contributed by atoms with Gasteiger partial charge in [0.25, 0.3) is 0 Å². The van der Waals surface area contributed by atoms with Gasteiger partial charge in [0, 0.05) is 13.0 Å². The van der Waals surface area contributed by atoms with Gasteiger partial charge in [-0.25, -0.2) is 0 Å². The third kappa shape index (κ3) is 5.22. The predicted octanol–water partition coefficient (Wildman–Crippen LogP) is 1.11. The summed E-state index contributed by atoms with van der Waals surface area (Å²) in [7, 11) is 0. The normalized spacial score (nSPS) is 9.69. The van der Waals surface area contributed by atoms with Gasteiger partial charge >= 0.3 is 5.97 Å². The summed E-state index contributed by atoms with van der Waals surface area (Å²) in [6.07, 6.45) is 2.24. The molecule has 0 fully saturated rings. The maximum atomic E-state index is 11.3. The lowest BCUT2D eigenvalue weighted by atomic mass is 10.2. The fraction of sp³-hybridized carbons (Fsp3) is 0.778. The van der Waals surface area contributed by atoms with Crippen LogP contribution in [0.2, 0.25) is 0 Å². The Labute approximate surface area is 78.5 Å². The first-order valence-corrected chi connectivity index (χ1v) is 4.61. The molecule has 0 aromatic rings. The molecule has 0 unspecified atom stereocenters. The molecule has 76 valence electrons. The van der Waals surface area contributed by atoms with Crippen molar-refractivity contribution < 1.29 is 14.7 Å². The largest absolute Gasteiger partial charge is 0.480 e. The van der Waals surface area contributed by atoms with Crippen LogP contribution in [0.1, 0.15) is 33.1 Å². The van der Waals surface area contributed by atoms with Crippen LogP contribution >= 0.6 is 0 Å². The van der Waals surface area contributed by atoms with Crippen molar-refractivity contribution >= 4 is 11.9 Å². The Hall–Kier alpha value is -1.06. The fourth-order valence-electron chi connectivity index (χ4n) is 1.03. The molecule has 0 saturated heterocycles. The highest BCUT2D eigenvalue weighted by Gasteiger charge is 2.13. The zero-order valence-corrected chi connectivity index (χ0v) is 8.25. The first-order valence-electron chi connectivity index (χ1n) is 4.61. The summed E-state index contributed by atoms with van der Waals surface area (Å²) in [5.74, 6) is -1.02. The Morgan fingerprint density at radius 1 is 1.31 bits per heavy atom. The average Bonchev–Trinajstić information content (AvgIpc) is 2.09. The van der Waals surface area contributed by atoms with E-state index in [2.05, 4.69) is 0 Å². The van der Waals surface area contributed by atoms with Crippen LogP contribution in [0, 0.1) is 0 Å². The van der Waals surface area contributed by atoms with Crippen LogP contribution in [0.3, 0.4) is 0 Å². The Balaban J connectivity index is 3.92. The number of amides is 1. The topological polar surface area (TPSA) is 57.6 Å². The van der Waals surface area contributed by atoms with Crippen molar-refractivity contribution in [1.82, 2.24) is 4.90 Å². The van der Waals surface area contributed by atoms with Gasteiger partial charge in [0.2, 0.25) is 5.91 Å². The molecule has 4 nitrogen and oxygen atoms in total. The number of hydrogen-bond acceptors (Lipinski definition) is 2. The van der Waals surface area contributed by atoms with Crippen molar-refractivity contribution in [3.63, 3.8) is 0 Å². The van der Waals surface area contributed by atoms with E-state index in [0.29, 0.717) is 13.0 Å². The Bertz CT molecular complexity index is 180. The lowest BCUT2D eigenvalue weighted by molar-refractivity contribution is -0.144. The molecule has 1 N–H and O–H groups in total. The predicted molar refractivity (Wildman–Crippen MR) is 49.4 cm³/mol. The van der Waals surface area contributed by atoms with Crippen LogP contribution in [0.5, 0.6) is 0 Å². The van der Waals surface area contributed by atoms with Gasteiger partial charge in [-0.15, -0.1) is 0 Å². The maximum absolute atomic E-state index is 11.3. The second-order valence-corrected chi connectivity index (χ2v) is 2.91. The molecule has 0 bridgehead atoms. The zero-order chi connectivity index (χ0) is 10.3. The van der Waals surface area contributed by atoms with Crippen molar-refractivity contribution in [2.75, 3.05) is 13.1 Å². The van der Waals surface area contributed by atoms with Gasteiger partial charge in [-0.2, -0.15) is 0 Å². The molecule has 0 radical (unpaired) electrons. The lowest BCUT2D eigenvalue weighted by Gasteiger charge is -2.17. The number of aliphatic carboxylic acids is 1. The molecule has 0 aliphatic heterocycles. The molecule has 4 heteroatoms. The van der Waals surface area contributed by atoms with Crippen molar-refractivity contribution in [3.05, 3.63) is 0 Å². The standard InChI is InChI=1S/C9H17NO3/c1-3-5-6-8(11)10(4-2)7-9(12)13/h3-7H2,1-2H3,(H,12,13). The fourth-order valence-corrected chi connectivity index (χ4v) is 1.03. The molecule has 0 saturated carbocycles. The van der Waals surface area contributed by atoms with Crippen LogP contribution < -0.4 is 0 Å². The van der Waals surface area contributed by atoms with Gasteiger partial charge in [0.1, 0.15) is 6.54 Å². The number of unbranched alkanes of at least 4 members (excludes halogenated alkanes) is 1. The second kappa shape index (κ2) is 6.46. The molecular formula is C9H17NO3. The van der Waals surface area contributed by atoms with E-state index in [1.54, 1.807) is 6.92 Å². The molecular weight excluding hydrogens is 170 g/mol. The zero-order valence-electron chi connectivity index (χ0n) is 8.25. The highest BCUT2D eigenvalue weighted by molar-refractivity contribution is 5.81. The SMILES string of the molecule is CCCCC(=O)N(CC)CC(=O)O.